The quantitative estimate of drug-likeness (QED) is 0.422. The number of ether oxygens (including phenoxy) is 2. The molecule has 0 spiro atoms. The molecule has 2 rings (SSSR count). The van der Waals surface area contributed by atoms with E-state index in [1.165, 1.54) is 12.1 Å². The Morgan fingerprint density at radius 3 is 2.56 bits per heavy atom. The van der Waals surface area contributed by atoms with Crippen molar-refractivity contribution in [2.75, 3.05) is 33.8 Å². The number of hydrogen-bond acceptors (Lipinski definition) is 3. The van der Waals surface area contributed by atoms with Crippen LogP contribution in [0.4, 0.5) is 4.39 Å². The van der Waals surface area contributed by atoms with Gasteiger partial charge in [0.25, 0.3) is 0 Å². The molecule has 0 aromatic heterocycles. The minimum absolute atomic E-state index is 0. The van der Waals surface area contributed by atoms with E-state index in [-0.39, 0.29) is 47.6 Å². The van der Waals surface area contributed by atoms with Crippen LogP contribution in [0.25, 0.3) is 0 Å². The zero-order chi connectivity index (χ0) is 17.7. The third-order valence-corrected chi connectivity index (χ3v) is 4.24. The van der Waals surface area contributed by atoms with E-state index < -0.39 is 0 Å². The fourth-order valence-electron chi connectivity index (χ4n) is 2.68. The van der Waals surface area contributed by atoms with E-state index in [0.29, 0.717) is 13.1 Å². The van der Waals surface area contributed by atoms with Crippen LogP contribution in [0.2, 0.25) is 0 Å². The first-order chi connectivity index (χ1) is 11.3. The van der Waals surface area contributed by atoms with E-state index in [1.807, 2.05) is 20.8 Å². The highest BCUT2D eigenvalue weighted by Gasteiger charge is 2.29. The van der Waals surface area contributed by atoms with Crippen molar-refractivity contribution in [2.24, 2.45) is 4.99 Å². The summed E-state index contributed by atoms with van der Waals surface area (Å²) in [5.41, 5.74) is 0.699. The van der Waals surface area contributed by atoms with Crippen LogP contribution in [0.5, 0.6) is 0 Å². The van der Waals surface area contributed by atoms with Gasteiger partial charge in [0.1, 0.15) is 11.9 Å². The topological polar surface area (TPSA) is 46.1 Å². The minimum Gasteiger partial charge on any atom is -0.377 e. The fraction of sp³-hybridized carbons (Fsp3) is 0.611. The lowest BCUT2D eigenvalue weighted by Crippen LogP contribution is -2.53. The Balaban J connectivity index is 0.00000312. The highest BCUT2D eigenvalue weighted by molar-refractivity contribution is 14.0. The number of methoxy groups -OCH3 is 1. The van der Waals surface area contributed by atoms with Crippen LogP contribution < -0.4 is 5.32 Å². The number of morpholine rings is 1. The summed E-state index contributed by atoms with van der Waals surface area (Å²) in [5.74, 6) is 0.584. The van der Waals surface area contributed by atoms with Crippen molar-refractivity contribution in [3.05, 3.63) is 35.6 Å². The summed E-state index contributed by atoms with van der Waals surface area (Å²) in [6.45, 7) is 8.17. The summed E-state index contributed by atoms with van der Waals surface area (Å²) in [4.78, 5) is 6.56. The van der Waals surface area contributed by atoms with Crippen LogP contribution in [-0.4, -0.2) is 56.4 Å². The van der Waals surface area contributed by atoms with Gasteiger partial charge < -0.3 is 19.7 Å². The molecule has 0 aliphatic carbocycles. The van der Waals surface area contributed by atoms with E-state index in [1.54, 1.807) is 26.3 Å². The number of hydrogen-bond donors (Lipinski definition) is 1. The van der Waals surface area contributed by atoms with Gasteiger partial charge in [0.05, 0.1) is 18.2 Å². The molecule has 2 atom stereocenters. The molecule has 0 saturated carbocycles. The maximum absolute atomic E-state index is 13.1. The molecule has 1 aromatic rings. The maximum Gasteiger partial charge on any atom is 0.193 e. The molecule has 1 fully saturated rings. The van der Waals surface area contributed by atoms with Gasteiger partial charge in [0.2, 0.25) is 0 Å². The van der Waals surface area contributed by atoms with E-state index in [0.717, 1.165) is 18.1 Å². The molecule has 0 radical (unpaired) electrons. The predicted molar refractivity (Wildman–Crippen MR) is 109 cm³/mol. The van der Waals surface area contributed by atoms with Crippen molar-refractivity contribution >= 4 is 29.9 Å². The largest absolute Gasteiger partial charge is 0.377 e. The van der Waals surface area contributed by atoms with Gasteiger partial charge in [-0.3, -0.25) is 4.99 Å². The van der Waals surface area contributed by atoms with Crippen molar-refractivity contribution in [1.82, 2.24) is 10.2 Å². The molecule has 5 nitrogen and oxygen atoms in total. The summed E-state index contributed by atoms with van der Waals surface area (Å²) in [7, 11) is 3.47. The number of nitrogens with one attached hydrogen (secondary N) is 1. The first-order valence-electron chi connectivity index (χ1n) is 8.26. The average molecular weight is 465 g/mol. The Hall–Kier alpha value is -0.930. The van der Waals surface area contributed by atoms with Gasteiger partial charge in [-0.05, 0) is 38.5 Å². The smallest absolute Gasteiger partial charge is 0.193 e. The summed E-state index contributed by atoms with van der Waals surface area (Å²) in [5, 5.41) is 3.37. The molecule has 0 bridgehead atoms. The van der Waals surface area contributed by atoms with Crippen LogP contribution in [0.1, 0.15) is 32.4 Å². The van der Waals surface area contributed by atoms with Crippen molar-refractivity contribution in [3.63, 3.8) is 0 Å². The summed E-state index contributed by atoms with van der Waals surface area (Å²) < 4.78 is 24.6. The van der Waals surface area contributed by atoms with Gasteiger partial charge in [0, 0.05) is 27.2 Å². The molecule has 7 heteroatoms. The van der Waals surface area contributed by atoms with E-state index in [4.69, 9.17) is 9.47 Å². The van der Waals surface area contributed by atoms with Crippen LogP contribution in [0.3, 0.4) is 0 Å². The number of guanidine groups is 1. The van der Waals surface area contributed by atoms with Gasteiger partial charge in [0.15, 0.2) is 5.96 Å². The van der Waals surface area contributed by atoms with Gasteiger partial charge in [-0.25, -0.2) is 4.39 Å². The van der Waals surface area contributed by atoms with Crippen molar-refractivity contribution in [3.8, 4) is 0 Å². The number of aliphatic imine (C=N–C) groups is 1. The molecule has 0 amide bonds. The van der Waals surface area contributed by atoms with Gasteiger partial charge in [-0.2, -0.15) is 0 Å². The second-order valence-corrected chi connectivity index (χ2v) is 6.76. The first kappa shape index (κ1) is 22.1. The number of nitrogens with zero attached hydrogens (tertiary/aromatic N) is 2. The Kier molecular flexibility index (Phi) is 8.56. The highest BCUT2D eigenvalue weighted by Crippen LogP contribution is 2.25. The average Bonchev–Trinajstić information content (AvgIpc) is 2.55. The number of halogens is 2. The van der Waals surface area contributed by atoms with Crippen LogP contribution in [-0.2, 0) is 9.47 Å². The van der Waals surface area contributed by atoms with Crippen LogP contribution >= 0.6 is 24.0 Å². The normalized spacial score (nSPS) is 21.7. The minimum atomic E-state index is -0.274. The second-order valence-electron chi connectivity index (χ2n) is 6.76. The zero-order valence-corrected chi connectivity index (χ0v) is 17.9. The number of rotatable bonds is 4. The molecule has 1 aromatic carbocycles. The summed E-state index contributed by atoms with van der Waals surface area (Å²) >= 11 is 0. The zero-order valence-electron chi connectivity index (χ0n) is 15.6. The monoisotopic (exact) mass is 465 g/mol. The molecule has 2 unspecified atom stereocenters. The number of benzene rings is 1. The van der Waals surface area contributed by atoms with Gasteiger partial charge >= 0.3 is 0 Å². The first-order valence-corrected chi connectivity index (χ1v) is 8.26. The third-order valence-electron chi connectivity index (χ3n) is 4.24. The van der Waals surface area contributed by atoms with E-state index in [9.17, 15) is 4.39 Å². The molecular formula is C18H29FIN3O2. The lowest BCUT2D eigenvalue weighted by Gasteiger charge is -2.39. The van der Waals surface area contributed by atoms with Gasteiger partial charge in [-0.1, -0.05) is 12.1 Å². The summed E-state index contributed by atoms with van der Waals surface area (Å²) in [6, 6.07) is 6.49. The van der Waals surface area contributed by atoms with Crippen LogP contribution in [0, 0.1) is 5.82 Å². The molecule has 1 heterocycles. The Labute approximate surface area is 167 Å². The SMILES string of the molecule is CN=C(NCC(C)(C)OC)N1CC(C)OC(c2ccc(F)cc2)C1.I. The van der Waals surface area contributed by atoms with Crippen molar-refractivity contribution < 1.29 is 13.9 Å². The Morgan fingerprint density at radius 1 is 1.36 bits per heavy atom. The maximum atomic E-state index is 13.1. The fourth-order valence-corrected chi connectivity index (χ4v) is 2.68. The summed E-state index contributed by atoms with van der Waals surface area (Å²) in [6.07, 6.45) is -0.0499. The molecule has 25 heavy (non-hydrogen) atoms. The highest BCUT2D eigenvalue weighted by atomic mass is 127. The predicted octanol–water partition coefficient (Wildman–Crippen LogP) is 3.21. The van der Waals surface area contributed by atoms with Gasteiger partial charge in [-0.15, -0.1) is 24.0 Å². The van der Waals surface area contributed by atoms with E-state index >= 15 is 0 Å². The van der Waals surface area contributed by atoms with Crippen molar-refractivity contribution in [1.29, 1.82) is 0 Å². The van der Waals surface area contributed by atoms with E-state index in [2.05, 4.69) is 15.2 Å². The molecule has 1 saturated heterocycles. The molecule has 1 aliphatic heterocycles. The molecule has 1 aliphatic rings. The Morgan fingerprint density at radius 2 is 2.00 bits per heavy atom. The lowest BCUT2D eigenvalue weighted by atomic mass is 10.1. The third kappa shape index (κ3) is 6.38. The Bertz CT molecular complexity index is 566. The molecular weight excluding hydrogens is 436 g/mol. The standard InChI is InChI=1S/C18H28FN3O2.HI/c1-13-10-22(17(20-4)21-12-18(2,3)23-5)11-16(24-13)14-6-8-15(19)9-7-14;/h6-9,13,16H,10-12H2,1-5H3,(H,20,21);1H. The van der Waals surface area contributed by atoms with Crippen molar-refractivity contribution in [2.45, 2.75) is 38.6 Å². The lowest BCUT2D eigenvalue weighted by molar-refractivity contribution is -0.0608. The molecule has 142 valence electrons. The molecule has 1 N–H and O–H groups in total. The second kappa shape index (κ2) is 9.68. The van der Waals surface area contributed by atoms with Crippen LogP contribution in [0.15, 0.2) is 29.3 Å².